The fraction of sp³-hybridized carbons (Fsp3) is 0.333. The maximum absolute atomic E-state index is 12.3. The van der Waals surface area contributed by atoms with Gasteiger partial charge in [0.2, 0.25) is 5.91 Å². The highest BCUT2D eigenvalue weighted by Crippen LogP contribution is 2.21. The van der Waals surface area contributed by atoms with E-state index in [0.717, 1.165) is 5.56 Å². The van der Waals surface area contributed by atoms with Gasteiger partial charge in [0.05, 0.1) is 11.6 Å². The molecule has 7 heteroatoms. The van der Waals surface area contributed by atoms with Crippen molar-refractivity contribution >= 4 is 11.8 Å². The van der Waals surface area contributed by atoms with E-state index in [0.29, 0.717) is 5.69 Å². The molecule has 2 rings (SSSR count). The van der Waals surface area contributed by atoms with Crippen molar-refractivity contribution < 1.29 is 9.59 Å². The van der Waals surface area contributed by atoms with Gasteiger partial charge in [-0.25, -0.2) is 0 Å². The monoisotopic (exact) mass is 339 g/mol. The molecule has 1 atom stereocenters. The largest absolute Gasteiger partial charge is 0.365 e. The summed E-state index contributed by atoms with van der Waals surface area (Å²) in [4.78, 5) is 24.0. The van der Waals surface area contributed by atoms with Crippen molar-refractivity contribution in [1.82, 2.24) is 15.1 Å². The summed E-state index contributed by atoms with van der Waals surface area (Å²) < 4.78 is 1.36. The number of hydrogen-bond donors (Lipinski definition) is 2. The van der Waals surface area contributed by atoms with E-state index in [2.05, 4.69) is 16.5 Å². The molecule has 0 bridgehead atoms. The molecule has 0 saturated carbocycles. The number of hydrogen-bond acceptors (Lipinski definition) is 4. The molecule has 0 aliphatic carbocycles. The summed E-state index contributed by atoms with van der Waals surface area (Å²) in [6, 6.07) is 11.2. The van der Waals surface area contributed by atoms with Crippen LogP contribution in [-0.2, 0) is 11.3 Å². The molecule has 25 heavy (non-hydrogen) atoms. The first-order chi connectivity index (χ1) is 11.8. The number of amides is 2. The first kappa shape index (κ1) is 18.2. The number of nitrogens with two attached hydrogens (primary N) is 1. The van der Waals surface area contributed by atoms with E-state index >= 15 is 0 Å². The number of benzene rings is 1. The number of nitrogens with zero attached hydrogens (tertiary/aromatic N) is 3. The molecule has 1 aromatic heterocycles. The number of carbonyl (C=O) groups is 2. The quantitative estimate of drug-likeness (QED) is 0.833. The molecule has 1 heterocycles. The Bertz CT molecular complexity index is 820. The molecule has 0 fully saturated rings. The van der Waals surface area contributed by atoms with Gasteiger partial charge >= 0.3 is 0 Å². The van der Waals surface area contributed by atoms with E-state index in [1.54, 1.807) is 6.92 Å². The van der Waals surface area contributed by atoms with Gasteiger partial charge in [0.15, 0.2) is 0 Å². The highest BCUT2D eigenvalue weighted by molar-refractivity contribution is 5.98. The van der Waals surface area contributed by atoms with Gasteiger partial charge in [-0.15, -0.1) is 0 Å². The Morgan fingerprint density at radius 3 is 2.52 bits per heavy atom. The third-order valence-electron chi connectivity index (χ3n) is 4.17. The van der Waals surface area contributed by atoms with E-state index in [4.69, 9.17) is 5.73 Å². The lowest BCUT2D eigenvalue weighted by Gasteiger charge is -2.27. The van der Waals surface area contributed by atoms with Crippen LogP contribution in [0.3, 0.4) is 0 Å². The molecule has 2 aromatic rings. The molecule has 7 nitrogen and oxygen atoms in total. The number of primary amides is 1. The number of nitriles is 1. The number of rotatable bonds is 6. The summed E-state index contributed by atoms with van der Waals surface area (Å²) in [5.74, 6) is -1.04. The molecule has 0 spiro atoms. The van der Waals surface area contributed by atoms with Gasteiger partial charge in [-0.2, -0.15) is 10.4 Å². The van der Waals surface area contributed by atoms with Crippen LogP contribution in [0, 0.1) is 17.2 Å². The highest BCUT2D eigenvalue weighted by atomic mass is 16.2. The average Bonchev–Trinajstić information content (AvgIpc) is 2.99. The summed E-state index contributed by atoms with van der Waals surface area (Å²) in [6.45, 7) is 5.27. The lowest BCUT2D eigenvalue weighted by atomic mass is 9.90. The van der Waals surface area contributed by atoms with Crippen LogP contribution in [0.1, 0.15) is 31.1 Å². The van der Waals surface area contributed by atoms with Crippen LogP contribution < -0.4 is 11.1 Å². The normalized spacial score (nSPS) is 13.1. The predicted octanol–water partition coefficient (Wildman–Crippen LogP) is 1.70. The van der Waals surface area contributed by atoms with Crippen LogP contribution in [0.15, 0.2) is 36.5 Å². The van der Waals surface area contributed by atoms with Crippen molar-refractivity contribution in [2.75, 3.05) is 0 Å². The van der Waals surface area contributed by atoms with E-state index in [9.17, 15) is 14.9 Å². The zero-order chi connectivity index (χ0) is 18.6. The zero-order valence-electron chi connectivity index (χ0n) is 14.5. The van der Waals surface area contributed by atoms with Crippen LogP contribution in [0.25, 0.3) is 11.3 Å². The van der Waals surface area contributed by atoms with Gasteiger partial charge in [0.1, 0.15) is 17.8 Å². The SMILES string of the molecule is CC(C)[C@](C)(C#N)NC(=O)Cn1cc(C(N)=O)c(-c2ccccc2)n1. The highest BCUT2D eigenvalue weighted by Gasteiger charge is 2.30. The lowest BCUT2D eigenvalue weighted by Crippen LogP contribution is -2.49. The molecule has 0 unspecified atom stereocenters. The van der Waals surface area contributed by atoms with Crippen molar-refractivity contribution in [2.45, 2.75) is 32.9 Å². The third-order valence-corrected chi connectivity index (χ3v) is 4.17. The van der Waals surface area contributed by atoms with Gasteiger partial charge < -0.3 is 11.1 Å². The molecular formula is C18H21N5O2. The van der Waals surface area contributed by atoms with Crippen LogP contribution in [0.2, 0.25) is 0 Å². The first-order valence-electron chi connectivity index (χ1n) is 7.91. The fourth-order valence-corrected chi connectivity index (χ4v) is 2.27. The Hall–Kier alpha value is -3.14. The van der Waals surface area contributed by atoms with Crippen LogP contribution in [-0.4, -0.2) is 27.1 Å². The van der Waals surface area contributed by atoms with Crippen molar-refractivity contribution in [1.29, 1.82) is 5.26 Å². The van der Waals surface area contributed by atoms with Crippen LogP contribution >= 0.6 is 0 Å². The van der Waals surface area contributed by atoms with Gasteiger partial charge in [-0.05, 0) is 12.8 Å². The molecule has 0 saturated heterocycles. The average molecular weight is 339 g/mol. The molecule has 3 N–H and O–H groups in total. The van der Waals surface area contributed by atoms with E-state index in [1.807, 2.05) is 44.2 Å². The minimum absolute atomic E-state index is 0.0554. The fourth-order valence-electron chi connectivity index (χ4n) is 2.27. The van der Waals surface area contributed by atoms with Gasteiger partial charge in [0.25, 0.3) is 5.91 Å². The van der Waals surface area contributed by atoms with Crippen molar-refractivity contribution in [3.8, 4) is 17.3 Å². The predicted molar refractivity (Wildman–Crippen MR) is 93.2 cm³/mol. The standard InChI is InChI=1S/C18H21N5O2/c1-12(2)18(3,11-19)21-15(24)10-23-9-14(17(20)25)16(22-23)13-7-5-4-6-8-13/h4-9,12H,10H2,1-3H3,(H2,20,25)(H,21,24)/t18-/m0/s1. The second-order valence-electron chi connectivity index (χ2n) is 6.34. The Morgan fingerprint density at radius 2 is 2.00 bits per heavy atom. The third kappa shape index (κ3) is 4.04. The Labute approximate surface area is 146 Å². The molecule has 0 radical (unpaired) electrons. The topological polar surface area (TPSA) is 114 Å². The molecule has 0 aliphatic rings. The minimum atomic E-state index is -0.973. The molecular weight excluding hydrogens is 318 g/mol. The van der Waals surface area contributed by atoms with Crippen molar-refractivity contribution in [3.63, 3.8) is 0 Å². The Kier molecular flexibility index (Phi) is 5.22. The van der Waals surface area contributed by atoms with Crippen molar-refractivity contribution in [3.05, 3.63) is 42.1 Å². The summed E-state index contributed by atoms with van der Waals surface area (Å²) in [6.07, 6.45) is 1.45. The maximum atomic E-state index is 12.3. The molecule has 2 amide bonds. The summed E-state index contributed by atoms with van der Waals surface area (Å²) in [5, 5.41) is 16.3. The summed E-state index contributed by atoms with van der Waals surface area (Å²) in [7, 11) is 0. The lowest BCUT2D eigenvalue weighted by molar-refractivity contribution is -0.123. The smallest absolute Gasteiger partial charge is 0.252 e. The Morgan fingerprint density at radius 1 is 1.36 bits per heavy atom. The number of carbonyl (C=O) groups excluding carboxylic acids is 2. The molecule has 130 valence electrons. The Balaban J connectivity index is 2.25. The number of aromatic nitrogens is 2. The van der Waals surface area contributed by atoms with Gasteiger partial charge in [-0.1, -0.05) is 44.2 Å². The van der Waals surface area contributed by atoms with Crippen molar-refractivity contribution in [2.24, 2.45) is 11.7 Å². The van der Waals surface area contributed by atoms with Gasteiger partial charge in [0, 0.05) is 11.8 Å². The maximum Gasteiger partial charge on any atom is 0.252 e. The first-order valence-corrected chi connectivity index (χ1v) is 7.91. The second kappa shape index (κ2) is 7.18. The van der Waals surface area contributed by atoms with E-state index < -0.39 is 11.4 Å². The van der Waals surface area contributed by atoms with Gasteiger partial charge in [-0.3, -0.25) is 14.3 Å². The molecule has 0 aliphatic heterocycles. The number of nitrogens with one attached hydrogen (secondary N) is 1. The molecule has 1 aromatic carbocycles. The van der Waals surface area contributed by atoms with E-state index in [1.165, 1.54) is 10.9 Å². The summed E-state index contributed by atoms with van der Waals surface area (Å²) >= 11 is 0. The van der Waals surface area contributed by atoms with Crippen LogP contribution in [0.5, 0.6) is 0 Å². The van der Waals surface area contributed by atoms with E-state index in [-0.39, 0.29) is 23.9 Å². The second-order valence-corrected chi connectivity index (χ2v) is 6.34. The zero-order valence-corrected chi connectivity index (χ0v) is 14.5. The van der Waals surface area contributed by atoms with Crippen LogP contribution in [0.4, 0.5) is 0 Å². The minimum Gasteiger partial charge on any atom is -0.365 e. The summed E-state index contributed by atoms with van der Waals surface area (Å²) in [5.41, 5.74) is 5.85.